The van der Waals surface area contributed by atoms with Crippen LogP contribution in [0.3, 0.4) is 0 Å². The fourth-order valence-corrected chi connectivity index (χ4v) is 2.57. The molecule has 1 aliphatic rings. The van der Waals surface area contributed by atoms with Crippen molar-refractivity contribution >= 4 is 0 Å². The van der Waals surface area contributed by atoms with Gasteiger partial charge in [-0.2, -0.15) is 0 Å². The second kappa shape index (κ2) is 4.69. The molecule has 0 amide bonds. The molecule has 2 aromatic heterocycles. The van der Waals surface area contributed by atoms with Crippen LogP contribution in [0.5, 0.6) is 5.75 Å². The summed E-state index contributed by atoms with van der Waals surface area (Å²) in [7, 11) is 1.65. The van der Waals surface area contributed by atoms with Crippen molar-refractivity contribution in [2.24, 2.45) is 0 Å². The van der Waals surface area contributed by atoms with Gasteiger partial charge in [0, 0.05) is 17.8 Å². The Kier molecular flexibility index (Phi) is 2.79. The highest BCUT2D eigenvalue weighted by atomic mass is 16.5. The van der Waals surface area contributed by atoms with E-state index in [1.807, 2.05) is 47.4 Å². The lowest BCUT2D eigenvalue weighted by atomic mass is 10.1. The van der Waals surface area contributed by atoms with Crippen LogP contribution in [0.15, 0.2) is 42.9 Å². The molecule has 0 spiro atoms. The molecule has 2 heterocycles. The molecule has 0 atom stereocenters. The first-order valence-electron chi connectivity index (χ1n) is 7.31. The molecule has 6 heteroatoms. The van der Waals surface area contributed by atoms with Crippen molar-refractivity contribution in [1.29, 1.82) is 0 Å². The van der Waals surface area contributed by atoms with Gasteiger partial charge in [-0.15, -0.1) is 5.10 Å². The summed E-state index contributed by atoms with van der Waals surface area (Å²) in [6, 6.07) is 7.72. The maximum Gasteiger partial charge on any atom is 0.181 e. The molecule has 0 bridgehead atoms. The van der Waals surface area contributed by atoms with Crippen molar-refractivity contribution in [3.8, 4) is 17.3 Å². The molecule has 6 nitrogen and oxygen atoms in total. The topological polar surface area (TPSA) is 57.8 Å². The first-order chi connectivity index (χ1) is 10.7. The molecule has 22 heavy (non-hydrogen) atoms. The van der Waals surface area contributed by atoms with E-state index in [-0.39, 0.29) is 5.41 Å². The SMILES string of the molecule is COc1ccc(-n2cc(-n3ccnc3C3(C)CC3)nn2)cc1. The smallest absolute Gasteiger partial charge is 0.181 e. The van der Waals surface area contributed by atoms with E-state index >= 15 is 0 Å². The largest absolute Gasteiger partial charge is 0.497 e. The molecule has 1 aliphatic carbocycles. The minimum Gasteiger partial charge on any atom is -0.497 e. The van der Waals surface area contributed by atoms with Gasteiger partial charge >= 0.3 is 0 Å². The van der Waals surface area contributed by atoms with Crippen LogP contribution in [0.1, 0.15) is 25.6 Å². The number of ether oxygens (including phenoxy) is 1. The van der Waals surface area contributed by atoms with Gasteiger partial charge in [0.25, 0.3) is 0 Å². The molecule has 1 aromatic carbocycles. The lowest BCUT2D eigenvalue weighted by Gasteiger charge is -2.09. The van der Waals surface area contributed by atoms with Crippen LogP contribution in [-0.2, 0) is 5.41 Å². The molecule has 0 saturated heterocycles. The average Bonchev–Trinajstić information content (AvgIpc) is 3.01. The normalized spacial score (nSPS) is 15.7. The van der Waals surface area contributed by atoms with Gasteiger partial charge in [0.05, 0.1) is 19.0 Å². The van der Waals surface area contributed by atoms with E-state index in [0.717, 1.165) is 23.1 Å². The number of nitrogens with zero attached hydrogens (tertiary/aromatic N) is 5. The Morgan fingerprint density at radius 3 is 2.64 bits per heavy atom. The Bertz CT molecular complexity index is 798. The van der Waals surface area contributed by atoms with Crippen LogP contribution in [0.4, 0.5) is 0 Å². The van der Waals surface area contributed by atoms with Crippen LogP contribution >= 0.6 is 0 Å². The van der Waals surface area contributed by atoms with Gasteiger partial charge in [-0.25, -0.2) is 9.67 Å². The van der Waals surface area contributed by atoms with Crippen molar-refractivity contribution in [3.63, 3.8) is 0 Å². The first kappa shape index (κ1) is 13.1. The minimum atomic E-state index is 0.188. The molecule has 3 aromatic rings. The molecular weight excluding hydrogens is 278 g/mol. The number of benzene rings is 1. The number of imidazole rings is 1. The highest BCUT2D eigenvalue weighted by Gasteiger charge is 2.43. The van der Waals surface area contributed by atoms with E-state index in [9.17, 15) is 0 Å². The summed E-state index contributed by atoms with van der Waals surface area (Å²) in [5.41, 5.74) is 1.13. The molecule has 0 unspecified atom stereocenters. The molecule has 112 valence electrons. The van der Waals surface area contributed by atoms with Gasteiger partial charge in [-0.05, 0) is 37.1 Å². The monoisotopic (exact) mass is 295 g/mol. The van der Waals surface area contributed by atoms with Crippen LogP contribution < -0.4 is 4.74 Å². The maximum atomic E-state index is 5.17. The van der Waals surface area contributed by atoms with Gasteiger partial charge < -0.3 is 4.74 Å². The average molecular weight is 295 g/mol. The maximum absolute atomic E-state index is 5.17. The van der Waals surface area contributed by atoms with Crippen molar-refractivity contribution in [3.05, 3.63) is 48.7 Å². The second-order valence-electron chi connectivity index (χ2n) is 5.90. The summed E-state index contributed by atoms with van der Waals surface area (Å²) in [6.07, 6.45) is 8.04. The lowest BCUT2D eigenvalue weighted by molar-refractivity contribution is 0.414. The van der Waals surface area contributed by atoms with E-state index in [4.69, 9.17) is 4.74 Å². The number of aromatic nitrogens is 5. The summed E-state index contributed by atoms with van der Waals surface area (Å²) in [4.78, 5) is 4.50. The Labute approximate surface area is 128 Å². The highest BCUT2D eigenvalue weighted by Crippen LogP contribution is 2.47. The predicted octanol–water partition coefficient (Wildman–Crippen LogP) is 2.51. The molecule has 4 rings (SSSR count). The Morgan fingerprint density at radius 1 is 1.18 bits per heavy atom. The summed E-state index contributed by atoms with van der Waals surface area (Å²) in [5, 5.41) is 8.50. The first-order valence-corrected chi connectivity index (χ1v) is 7.31. The van der Waals surface area contributed by atoms with Crippen LogP contribution in [0, 0.1) is 0 Å². The summed E-state index contributed by atoms with van der Waals surface area (Å²) < 4.78 is 8.96. The fraction of sp³-hybridized carbons (Fsp3) is 0.312. The number of hydrogen-bond donors (Lipinski definition) is 0. The molecule has 0 N–H and O–H groups in total. The van der Waals surface area contributed by atoms with E-state index in [1.54, 1.807) is 11.8 Å². The summed E-state index contributed by atoms with van der Waals surface area (Å²) in [6.45, 7) is 2.24. The van der Waals surface area contributed by atoms with Crippen molar-refractivity contribution in [2.75, 3.05) is 7.11 Å². The van der Waals surface area contributed by atoms with Gasteiger partial charge in [-0.1, -0.05) is 12.1 Å². The van der Waals surface area contributed by atoms with Gasteiger partial charge in [-0.3, -0.25) is 4.57 Å². The van der Waals surface area contributed by atoms with Crippen LogP contribution in [0.25, 0.3) is 11.5 Å². The molecule has 1 fully saturated rings. The van der Waals surface area contributed by atoms with Crippen LogP contribution in [0.2, 0.25) is 0 Å². The number of methoxy groups -OCH3 is 1. The zero-order valence-corrected chi connectivity index (χ0v) is 12.6. The number of rotatable bonds is 4. The summed E-state index contributed by atoms with van der Waals surface area (Å²) in [5.74, 6) is 2.67. The minimum absolute atomic E-state index is 0.188. The molecule has 0 radical (unpaired) electrons. The van der Waals surface area contributed by atoms with E-state index < -0.39 is 0 Å². The molecule has 1 saturated carbocycles. The Hall–Kier alpha value is -2.63. The van der Waals surface area contributed by atoms with Crippen molar-refractivity contribution in [1.82, 2.24) is 24.5 Å². The van der Waals surface area contributed by atoms with Gasteiger partial charge in [0.1, 0.15) is 11.6 Å². The third-order valence-corrected chi connectivity index (χ3v) is 4.25. The van der Waals surface area contributed by atoms with Crippen LogP contribution in [-0.4, -0.2) is 31.7 Å². The molecule has 0 aliphatic heterocycles. The zero-order chi connectivity index (χ0) is 15.2. The molecular formula is C16H17N5O. The quantitative estimate of drug-likeness (QED) is 0.742. The lowest BCUT2D eigenvalue weighted by Crippen LogP contribution is -2.10. The Balaban J connectivity index is 1.68. The van der Waals surface area contributed by atoms with E-state index in [1.165, 1.54) is 12.8 Å². The van der Waals surface area contributed by atoms with Gasteiger partial charge in [0.15, 0.2) is 5.82 Å². The predicted molar refractivity (Wildman–Crippen MR) is 81.6 cm³/mol. The second-order valence-corrected chi connectivity index (χ2v) is 5.90. The zero-order valence-electron chi connectivity index (χ0n) is 12.6. The number of hydrogen-bond acceptors (Lipinski definition) is 4. The van der Waals surface area contributed by atoms with Crippen molar-refractivity contribution < 1.29 is 4.74 Å². The highest BCUT2D eigenvalue weighted by molar-refractivity contribution is 5.38. The third-order valence-electron chi connectivity index (χ3n) is 4.25. The Morgan fingerprint density at radius 2 is 1.95 bits per heavy atom. The van der Waals surface area contributed by atoms with Gasteiger partial charge in [0.2, 0.25) is 0 Å². The van der Waals surface area contributed by atoms with Crippen molar-refractivity contribution in [2.45, 2.75) is 25.2 Å². The van der Waals surface area contributed by atoms with E-state index in [2.05, 4.69) is 22.2 Å². The summed E-state index contributed by atoms with van der Waals surface area (Å²) >= 11 is 0. The van der Waals surface area contributed by atoms with E-state index in [0.29, 0.717) is 0 Å². The third kappa shape index (κ3) is 2.07. The fourth-order valence-electron chi connectivity index (χ4n) is 2.57. The standard InChI is InChI=1S/C16H17N5O/c1-16(7-8-16)15-17-9-10-20(15)14-11-21(19-18-14)12-3-5-13(22-2)6-4-12/h3-6,9-11H,7-8H2,1-2H3.